The van der Waals surface area contributed by atoms with Crippen LogP contribution in [0.4, 0.5) is 0 Å². The van der Waals surface area contributed by atoms with Crippen LogP contribution in [0.15, 0.2) is 30.9 Å². The fraction of sp³-hybridized carbons (Fsp3) is 0.231. The topological polar surface area (TPSA) is 85.8 Å². The quantitative estimate of drug-likeness (QED) is 0.775. The molecule has 0 saturated heterocycles. The number of aryl methyl sites for hydroxylation is 1. The molecule has 2 aromatic heterocycles. The van der Waals surface area contributed by atoms with Crippen LogP contribution in [-0.4, -0.2) is 35.4 Å². The predicted molar refractivity (Wildman–Crippen MR) is 71.5 cm³/mol. The van der Waals surface area contributed by atoms with E-state index in [1.54, 1.807) is 30.9 Å². The summed E-state index contributed by atoms with van der Waals surface area (Å²) < 4.78 is 3.81. The lowest BCUT2D eigenvalue weighted by Crippen LogP contribution is -2.07. The second-order valence-corrected chi connectivity index (χ2v) is 4.41. The number of nitrogens with zero attached hydrogens (tertiary/aromatic N) is 5. The van der Waals surface area contributed by atoms with Crippen molar-refractivity contribution in [3.8, 4) is 0 Å². The summed E-state index contributed by atoms with van der Waals surface area (Å²) in [5.74, 6) is -0.135. The van der Waals surface area contributed by atoms with E-state index in [9.17, 15) is 4.79 Å². The van der Waals surface area contributed by atoms with E-state index >= 15 is 0 Å². The van der Waals surface area contributed by atoms with Crippen LogP contribution < -0.4 is 0 Å². The molecule has 2 heterocycles. The number of aromatic nitrogens is 5. The van der Waals surface area contributed by atoms with E-state index in [4.69, 9.17) is 5.11 Å². The summed E-state index contributed by atoms with van der Waals surface area (Å²) in [5, 5.41) is 17.0. The minimum absolute atomic E-state index is 0.246. The number of carboxylic acid groups (broad SMARTS) is 1. The van der Waals surface area contributed by atoms with Gasteiger partial charge in [-0.2, -0.15) is 0 Å². The molecule has 7 heteroatoms. The monoisotopic (exact) mass is 271 g/mol. The zero-order valence-corrected chi connectivity index (χ0v) is 10.9. The van der Waals surface area contributed by atoms with E-state index in [1.165, 1.54) is 0 Å². The summed E-state index contributed by atoms with van der Waals surface area (Å²) in [5.41, 5.74) is 1.78. The number of benzene rings is 1. The number of imidazole rings is 1. The lowest BCUT2D eigenvalue weighted by molar-refractivity contribution is 0.0697. The van der Waals surface area contributed by atoms with Crippen molar-refractivity contribution in [2.75, 3.05) is 0 Å². The fourth-order valence-electron chi connectivity index (χ4n) is 2.13. The van der Waals surface area contributed by atoms with E-state index in [1.807, 2.05) is 16.1 Å². The Bertz CT molecular complexity index is 774. The molecule has 0 aliphatic rings. The third-order valence-electron chi connectivity index (χ3n) is 3.22. The lowest BCUT2D eigenvalue weighted by Gasteiger charge is -2.05. The van der Waals surface area contributed by atoms with E-state index in [0.29, 0.717) is 6.54 Å². The smallest absolute Gasteiger partial charge is 0.335 e. The van der Waals surface area contributed by atoms with Gasteiger partial charge in [0.15, 0.2) is 5.82 Å². The van der Waals surface area contributed by atoms with Crippen LogP contribution in [0.5, 0.6) is 0 Å². The maximum absolute atomic E-state index is 11.0. The zero-order chi connectivity index (χ0) is 14.1. The first-order valence-electron chi connectivity index (χ1n) is 6.24. The molecule has 0 unspecified atom stereocenters. The molecule has 0 amide bonds. The van der Waals surface area contributed by atoms with Crippen molar-refractivity contribution in [1.29, 1.82) is 0 Å². The van der Waals surface area contributed by atoms with E-state index in [-0.39, 0.29) is 5.56 Å². The van der Waals surface area contributed by atoms with Gasteiger partial charge in [-0.25, -0.2) is 9.78 Å². The molecular weight excluding hydrogens is 258 g/mol. The van der Waals surface area contributed by atoms with E-state index in [0.717, 1.165) is 23.4 Å². The van der Waals surface area contributed by atoms with Gasteiger partial charge in [-0.05, 0) is 25.1 Å². The molecule has 3 aromatic rings. The molecule has 0 aliphatic heterocycles. The van der Waals surface area contributed by atoms with Gasteiger partial charge < -0.3 is 14.2 Å². The minimum Gasteiger partial charge on any atom is -0.478 e. The standard InChI is InChI=1S/C13H13N5O2/c1-2-17-8-15-16-12(17)6-18-7-14-10-4-3-9(13(19)20)5-11(10)18/h3-5,7-8H,2,6H2,1H3,(H,19,20). The predicted octanol–water partition coefficient (Wildman–Crippen LogP) is 1.39. The van der Waals surface area contributed by atoms with Crippen LogP contribution in [0.1, 0.15) is 23.1 Å². The molecular formula is C13H13N5O2. The van der Waals surface area contributed by atoms with Crippen LogP contribution >= 0.6 is 0 Å². The molecule has 1 aromatic carbocycles. The summed E-state index contributed by atoms with van der Waals surface area (Å²) in [6.45, 7) is 3.31. The van der Waals surface area contributed by atoms with Crippen LogP contribution in [0.25, 0.3) is 11.0 Å². The van der Waals surface area contributed by atoms with Gasteiger partial charge in [-0.15, -0.1) is 10.2 Å². The number of carboxylic acids is 1. The van der Waals surface area contributed by atoms with Crippen LogP contribution in [-0.2, 0) is 13.1 Å². The molecule has 0 atom stereocenters. The third kappa shape index (κ3) is 2.03. The largest absolute Gasteiger partial charge is 0.478 e. The number of aromatic carboxylic acids is 1. The number of rotatable bonds is 4. The Morgan fingerprint density at radius 2 is 2.15 bits per heavy atom. The van der Waals surface area contributed by atoms with Gasteiger partial charge in [0.25, 0.3) is 0 Å². The average Bonchev–Trinajstić information content (AvgIpc) is 3.05. The van der Waals surface area contributed by atoms with Gasteiger partial charge in [0.2, 0.25) is 0 Å². The second-order valence-electron chi connectivity index (χ2n) is 4.41. The molecule has 0 saturated carbocycles. The summed E-state index contributed by atoms with van der Waals surface area (Å²) in [6.07, 6.45) is 3.36. The van der Waals surface area contributed by atoms with Gasteiger partial charge in [0.1, 0.15) is 6.33 Å². The molecule has 3 rings (SSSR count). The molecule has 0 fully saturated rings. The van der Waals surface area contributed by atoms with E-state index in [2.05, 4.69) is 15.2 Å². The first-order valence-corrected chi connectivity index (χ1v) is 6.24. The van der Waals surface area contributed by atoms with Gasteiger partial charge in [-0.3, -0.25) is 0 Å². The fourth-order valence-corrected chi connectivity index (χ4v) is 2.13. The lowest BCUT2D eigenvalue weighted by atomic mass is 10.2. The highest BCUT2D eigenvalue weighted by molar-refractivity contribution is 5.92. The molecule has 20 heavy (non-hydrogen) atoms. The SMILES string of the molecule is CCn1cnnc1Cn1cnc2ccc(C(=O)O)cc21. The van der Waals surface area contributed by atoms with Gasteiger partial charge in [-0.1, -0.05) is 0 Å². The summed E-state index contributed by atoms with van der Waals surface area (Å²) in [6, 6.07) is 4.88. The molecule has 0 spiro atoms. The summed E-state index contributed by atoms with van der Waals surface area (Å²) in [4.78, 5) is 15.3. The van der Waals surface area contributed by atoms with Gasteiger partial charge >= 0.3 is 5.97 Å². The van der Waals surface area contributed by atoms with Crippen molar-refractivity contribution in [3.05, 3.63) is 42.2 Å². The summed E-state index contributed by atoms with van der Waals surface area (Å²) >= 11 is 0. The number of carbonyl (C=O) groups is 1. The molecule has 0 bridgehead atoms. The molecule has 7 nitrogen and oxygen atoms in total. The Morgan fingerprint density at radius 1 is 1.30 bits per heavy atom. The minimum atomic E-state index is -0.948. The Hall–Kier alpha value is -2.70. The van der Waals surface area contributed by atoms with Crippen molar-refractivity contribution >= 4 is 17.0 Å². The van der Waals surface area contributed by atoms with Crippen molar-refractivity contribution in [2.24, 2.45) is 0 Å². The Labute approximate surface area is 114 Å². The molecule has 1 N–H and O–H groups in total. The highest BCUT2D eigenvalue weighted by atomic mass is 16.4. The Morgan fingerprint density at radius 3 is 2.90 bits per heavy atom. The van der Waals surface area contributed by atoms with Crippen molar-refractivity contribution in [3.63, 3.8) is 0 Å². The van der Waals surface area contributed by atoms with Crippen molar-refractivity contribution in [2.45, 2.75) is 20.0 Å². The Kier molecular flexibility index (Phi) is 2.94. The average molecular weight is 271 g/mol. The van der Waals surface area contributed by atoms with Crippen molar-refractivity contribution < 1.29 is 9.90 Å². The first-order chi connectivity index (χ1) is 9.69. The maximum Gasteiger partial charge on any atom is 0.335 e. The third-order valence-corrected chi connectivity index (χ3v) is 3.22. The van der Waals surface area contributed by atoms with Gasteiger partial charge in [0.05, 0.1) is 29.5 Å². The number of fused-ring (bicyclic) bond motifs is 1. The maximum atomic E-state index is 11.0. The molecule has 102 valence electrons. The van der Waals surface area contributed by atoms with Gasteiger partial charge in [0, 0.05) is 6.54 Å². The highest BCUT2D eigenvalue weighted by Crippen LogP contribution is 2.16. The second kappa shape index (κ2) is 4.76. The van der Waals surface area contributed by atoms with Crippen LogP contribution in [0.2, 0.25) is 0 Å². The number of hydrogen-bond acceptors (Lipinski definition) is 4. The zero-order valence-electron chi connectivity index (χ0n) is 10.9. The van der Waals surface area contributed by atoms with Crippen LogP contribution in [0, 0.1) is 0 Å². The normalized spacial score (nSPS) is 11.1. The summed E-state index contributed by atoms with van der Waals surface area (Å²) in [7, 11) is 0. The van der Waals surface area contributed by atoms with Crippen molar-refractivity contribution in [1.82, 2.24) is 24.3 Å². The number of hydrogen-bond donors (Lipinski definition) is 1. The Balaban J connectivity index is 2.03. The molecule has 0 radical (unpaired) electrons. The molecule has 0 aliphatic carbocycles. The highest BCUT2D eigenvalue weighted by Gasteiger charge is 2.10. The first kappa shape index (κ1) is 12.3. The van der Waals surface area contributed by atoms with E-state index < -0.39 is 5.97 Å². The van der Waals surface area contributed by atoms with Crippen LogP contribution in [0.3, 0.4) is 0 Å².